The minimum absolute atomic E-state index is 0. The van der Waals surface area contributed by atoms with E-state index < -0.39 is 0 Å². The maximum Gasteiger partial charge on any atom is 0.328 e. The molecule has 0 aromatic carbocycles. The number of carbonyl (C=O) groups excluding carboxylic acids is 2. The number of unbranched alkanes of at least 4 members (excludes halogenated alkanes) is 9. The zero-order valence-corrected chi connectivity index (χ0v) is 21.3. The maximum absolute atomic E-state index is 11.3. The van der Waals surface area contributed by atoms with Crippen LogP contribution in [0.4, 0.5) is 0 Å². The SMILES string of the molecule is CCCCCCCCCCCCN(OC(=O)CC)OC(=O)CC.[Na].[Na]. The molecule has 0 saturated carbocycles. The van der Waals surface area contributed by atoms with E-state index in [4.69, 9.17) is 9.68 Å². The fraction of sp³-hybridized carbons (Fsp3) is 0.889. The van der Waals surface area contributed by atoms with Gasteiger partial charge in [-0.05, 0) is 6.42 Å². The van der Waals surface area contributed by atoms with Gasteiger partial charge in [0.25, 0.3) is 0 Å². The van der Waals surface area contributed by atoms with Crippen molar-refractivity contribution < 1.29 is 19.3 Å². The van der Waals surface area contributed by atoms with E-state index in [1.165, 1.54) is 51.4 Å². The van der Waals surface area contributed by atoms with Crippen LogP contribution in [0.3, 0.4) is 0 Å². The molecule has 0 bridgehead atoms. The molecule has 5 nitrogen and oxygen atoms in total. The predicted molar refractivity (Wildman–Crippen MR) is 103 cm³/mol. The molecular weight excluding hydrogens is 340 g/mol. The van der Waals surface area contributed by atoms with Crippen LogP contribution < -0.4 is 0 Å². The van der Waals surface area contributed by atoms with Crippen LogP contribution in [0.15, 0.2) is 0 Å². The molecular formula is C18H35NNa2O4. The molecule has 0 aliphatic heterocycles. The van der Waals surface area contributed by atoms with Crippen LogP contribution in [0.2, 0.25) is 0 Å². The fourth-order valence-corrected chi connectivity index (χ4v) is 2.19. The molecule has 138 valence electrons. The van der Waals surface area contributed by atoms with Gasteiger partial charge in [0.2, 0.25) is 0 Å². The Bertz CT molecular complexity index is 299. The van der Waals surface area contributed by atoms with Crippen LogP contribution in [0.5, 0.6) is 0 Å². The third-order valence-electron chi connectivity index (χ3n) is 3.68. The maximum atomic E-state index is 11.3. The van der Waals surface area contributed by atoms with Gasteiger partial charge in [-0.25, -0.2) is 0 Å². The molecule has 0 unspecified atom stereocenters. The normalized spacial score (nSPS) is 9.92. The molecule has 7 heteroatoms. The molecule has 0 aromatic rings. The molecule has 0 amide bonds. The standard InChI is InChI=1S/C18H35NO4.2Na/c1-4-7-8-9-10-11-12-13-14-15-16-19(22-17(20)5-2)23-18(21)6-3;;/h4-16H2,1-3H3;;. The summed E-state index contributed by atoms with van der Waals surface area (Å²) in [5.74, 6) is -0.776. The van der Waals surface area contributed by atoms with E-state index in [1.807, 2.05) is 0 Å². The van der Waals surface area contributed by atoms with Gasteiger partial charge in [-0.15, -0.1) is 0 Å². The van der Waals surface area contributed by atoms with Crippen molar-refractivity contribution in [3.05, 3.63) is 0 Å². The molecule has 0 atom stereocenters. The average molecular weight is 375 g/mol. The van der Waals surface area contributed by atoms with Gasteiger partial charge >= 0.3 is 11.9 Å². The Labute approximate surface area is 198 Å². The third-order valence-corrected chi connectivity index (χ3v) is 3.68. The second-order valence-electron chi connectivity index (χ2n) is 5.87. The van der Waals surface area contributed by atoms with E-state index in [9.17, 15) is 9.59 Å². The molecule has 0 aliphatic carbocycles. The van der Waals surface area contributed by atoms with Crippen molar-refractivity contribution in [1.82, 2.24) is 5.23 Å². The third kappa shape index (κ3) is 21.1. The van der Waals surface area contributed by atoms with Crippen LogP contribution >= 0.6 is 0 Å². The summed E-state index contributed by atoms with van der Waals surface area (Å²) in [5.41, 5.74) is 0. The van der Waals surface area contributed by atoms with E-state index in [0.717, 1.165) is 18.1 Å². The first-order valence-corrected chi connectivity index (χ1v) is 9.33. The molecule has 0 heterocycles. The van der Waals surface area contributed by atoms with E-state index in [1.54, 1.807) is 13.8 Å². The number of hydrogen-bond donors (Lipinski definition) is 0. The molecule has 0 spiro atoms. The average Bonchev–Trinajstić information content (AvgIpc) is 2.55. The summed E-state index contributed by atoms with van der Waals surface area (Å²) in [6, 6.07) is 0. The molecule has 2 radical (unpaired) electrons. The summed E-state index contributed by atoms with van der Waals surface area (Å²) < 4.78 is 0. The molecule has 0 fully saturated rings. The van der Waals surface area contributed by atoms with Crippen molar-refractivity contribution in [3.63, 3.8) is 0 Å². The van der Waals surface area contributed by atoms with Gasteiger partial charge in [-0.1, -0.05) is 78.6 Å². The van der Waals surface area contributed by atoms with Crippen molar-refractivity contribution in [3.8, 4) is 0 Å². The zero-order chi connectivity index (χ0) is 17.3. The summed E-state index contributed by atoms with van der Waals surface area (Å²) in [6.45, 7) is 6.10. The van der Waals surface area contributed by atoms with Crippen molar-refractivity contribution in [2.24, 2.45) is 0 Å². The Morgan fingerprint density at radius 2 is 1.00 bits per heavy atom. The number of rotatable bonds is 15. The van der Waals surface area contributed by atoms with E-state index >= 15 is 0 Å². The number of hydrogen-bond acceptors (Lipinski definition) is 5. The molecule has 25 heavy (non-hydrogen) atoms. The summed E-state index contributed by atoms with van der Waals surface area (Å²) in [5, 5.41) is 1.04. The molecule has 0 N–H and O–H groups in total. The second-order valence-corrected chi connectivity index (χ2v) is 5.87. The zero-order valence-electron chi connectivity index (χ0n) is 17.3. The summed E-state index contributed by atoms with van der Waals surface area (Å²) in [7, 11) is 0. The van der Waals surface area contributed by atoms with Gasteiger partial charge in [0.05, 0.1) is 6.54 Å². The minimum atomic E-state index is -0.388. The van der Waals surface area contributed by atoms with Crippen LogP contribution in [0, 0.1) is 0 Å². The van der Waals surface area contributed by atoms with Gasteiger partial charge < -0.3 is 9.68 Å². The Morgan fingerprint density at radius 1 is 0.640 bits per heavy atom. The smallest absolute Gasteiger partial charge is 0.328 e. The Hall–Kier alpha value is 0.900. The summed E-state index contributed by atoms with van der Waals surface area (Å²) >= 11 is 0. The largest absolute Gasteiger partial charge is 0.333 e. The Balaban J connectivity index is -0.00000242. The summed E-state index contributed by atoms with van der Waals surface area (Å²) in [6.07, 6.45) is 12.8. The number of carbonyl (C=O) groups is 2. The predicted octanol–water partition coefficient (Wildman–Crippen LogP) is 4.18. The molecule has 0 rings (SSSR count). The Kier molecular flexibility index (Phi) is 28.1. The van der Waals surface area contributed by atoms with Crippen LogP contribution in [0.25, 0.3) is 0 Å². The molecule has 0 aliphatic rings. The monoisotopic (exact) mass is 375 g/mol. The molecule has 0 saturated heterocycles. The number of hydroxylamine groups is 2. The van der Waals surface area contributed by atoms with E-state index in [2.05, 4.69) is 6.92 Å². The fourth-order valence-electron chi connectivity index (χ4n) is 2.19. The van der Waals surface area contributed by atoms with E-state index in [-0.39, 0.29) is 83.9 Å². The van der Waals surface area contributed by atoms with Crippen molar-refractivity contribution in [2.75, 3.05) is 6.54 Å². The van der Waals surface area contributed by atoms with Gasteiger partial charge in [-0.2, -0.15) is 0 Å². The van der Waals surface area contributed by atoms with Gasteiger partial charge in [0, 0.05) is 77.2 Å². The number of nitrogens with zero attached hydrogens (tertiary/aromatic N) is 1. The minimum Gasteiger partial charge on any atom is -0.333 e. The van der Waals surface area contributed by atoms with Crippen molar-refractivity contribution in [2.45, 2.75) is 97.8 Å². The molecule has 0 aromatic heterocycles. The topological polar surface area (TPSA) is 55.8 Å². The van der Waals surface area contributed by atoms with E-state index in [0.29, 0.717) is 6.54 Å². The first-order chi connectivity index (χ1) is 11.1. The van der Waals surface area contributed by atoms with Crippen LogP contribution in [-0.4, -0.2) is 82.8 Å². The second kappa shape index (κ2) is 22.9. The van der Waals surface area contributed by atoms with Gasteiger partial charge in [0.15, 0.2) is 0 Å². The Morgan fingerprint density at radius 3 is 1.36 bits per heavy atom. The van der Waals surface area contributed by atoms with Gasteiger partial charge in [-0.3, -0.25) is 9.59 Å². The van der Waals surface area contributed by atoms with Crippen LogP contribution in [-0.2, 0) is 19.3 Å². The first kappa shape index (κ1) is 30.6. The quantitative estimate of drug-likeness (QED) is 0.244. The van der Waals surface area contributed by atoms with Crippen LogP contribution in [0.1, 0.15) is 97.8 Å². The van der Waals surface area contributed by atoms with Crippen molar-refractivity contribution >= 4 is 71.1 Å². The van der Waals surface area contributed by atoms with Gasteiger partial charge in [0.1, 0.15) is 0 Å². The van der Waals surface area contributed by atoms with Crippen molar-refractivity contribution in [1.29, 1.82) is 0 Å². The summed E-state index contributed by atoms with van der Waals surface area (Å²) in [4.78, 5) is 32.7. The first-order valence-electron chi connectivity index (χ1n) is 9.33.